The zero-order valence-corrected chi connectivity index (χ0v) is 15.1. The van der Waals surface area contributed by atoms with E-state index in [1.54, 1.807) is 0 Å². The molecule has 0 radical (unpaired) electrons. The first kappa shape index (κ1) is 18.0. The Morgan fingerprint density at radius 1 is 1.26 bits per heavy atom. The average molecular weight is 337 g/mol. The van der Waals surface area contributed by atoms with E-state index in [2.05, 4.69) is 19.2 Å². The molecule has 2 amide bonds. The van der Waals surface area contributed by atoms with E-state index >= 15 is 0 Å². The summed E-state index contributed by atoms with van der Waals surface area (Å²) in [7, 11) is 0. The molecule has 2 rings (SSSR count). The minimum absolute atomic E-state index is 0.0407. The van der Waals surface area contributed by atoms with Gasteiger partial charge in [0.05, 0.1) is 4.88 Å². The molecular formula is C18H28N2O2S. The Morgan fingerprint density at radius 2 is 1.96 bits per heavy atom. The summed E-state index contributed by atoms with van der Waals surface area (Å²) >= 11 is 1.43. The van der Waals surface area contributed by atoms with Crippen molar-refractivity contribution in [3.05, 3.63) is 22.4 Å². The number of nitrogens with zero attached hydrogens (tertiary/aromatic N) is 1. The first-order valence-electron chi connectivity index (χ1n) is 8.70. The predicted octanol–water partition coefficient (Wildman–Crippen LogP) is 3.69. The van der Waals surface area contributed by atoms with E-state index in [1.165, 1.54) is 24.2 Å². The third-order valence-electron chi connectivity index (χ3n) is 5.27. The van der Waals surface area contributed by atoms with Gasteiger partial charge in [0.1, 0.15) is 0 Å². The monoisotopic (exact) mass is 336 g/mol. The first-order valence-corrected chi connectivity index (χ1v) is 9.57. The van der Waals surface area contributed by atoms with Gasteiger partial charge in [-0.25, -0.2) is 0 Å². The predicted molar refractivity (Wildman–Crippen MR) is 94.7 cm³/mol. The van der Waals surface area contributed by atoms with Crippen molar-refractivity contribution in [2.45, 2.75) is 52.4 Å². The van der Waals surface area contributed by atoms with Crippen LogP contribution in [0, 0.1) is 5.41 Å². The Labute approximate surface area is 143 Å². The molecule has 128 valence electrons. The normalized spacial score (nSPS) is 17.0. The van der Waals surface area contributed by atoms with E-state index in [0.717, 1.165) is 30.8 Å². The van der Waals surface area contributed by atoms with E-state index in [1.807, 2.05) is 22.4 Å². The molecule has 0 saturated carbocycles. The highest BCUT2D eigenvalue weighted by molar-refractivity contribution is 7.12. The second-order valence-electron chi connectivity index (χ2n) is 6.42. The number of nitrogens with one attached hydrogen (secondary N) is 1. The van der Waals surface area contributed by atoms with Gasteiger partial charge in [-0.2, -0.15) is 0 Å². The van der Waals surface area contributed by atoms with E-state index in [-0.39, 0.29) is 11.8 Å². The second kappa shape index (κ2) is 8.48. The number of carbonyl (C=O) groups is 2. The summed E-state index contributed by atoms with van der Waals surface area (Å²) in [6, 6.07) is 3.68. The summed E-state index contributed by atoms with van der Waals surface area (Å²) in [5.41, 5.74) is 0.450. The lowest BCUT2D eigenvalue weighted by Crippen LogP contribution is -2.43. The molecule has 0 aromatic carbocycles. The summed E-state index contributed by atoms with van der Waals surface area (Å²) < 4.78 is 0. The van der Waals surface area contributed by atoms with Crippen molar-refractivity contribution in [1.29, 1.82) is 0 Å². The molecule has 5 heteroatoms. The third kappa shape index (κ3) is 4.80. The van der Waals surface area contributed by atoms with Crippen LogP contribution in [0.15, 0.2) is 17.5 Å². The van der Waals surface area contributed by atoms with Gasteiger partial charge < -0.3 is 10.2 Å². The van der Waals surface area contributed by atoms with Crippen molar-refractivity contribution < 1.29 is 9.59 Å². The molecular weight excluding hydrogens is 308 g/mol. The van der Waals surface area contributed by atoms with Gasteiger partial charge >= 0.3 is 0 Å². The average Bonchev–Trinajstić information content (AvgIpc) is 3.13. The van der Waals surface area contributed by atoms with Gasteiger partial charge in [-0.3, -0.25) is 9.59 Å². The summed E-state index contributed by atoms with van der Waals surface area (Å²) in [6.45, 7) is 6.86. The van der Waals surface area contributed by atoms with Crippen LogP contribution < -0.4 is 5.32 Å². The lowest BCUT2D eigenvalue weighted by molar-refractivity contribution is -0.133. The fraction of sp³-hybridized carbons (Fsp3) is 0.667. The zero-order chi connectivity index (χ0) is 16.7. The quantitative estimate of drug-likeness (QED) is 0.772. The van der Waals surface area contributed by atoms with Gasteiger partial charge in [0.25, 0.3) is 5.91 Å². The molecule has 0 spiro atoms. The number of carbonyl (C=O) groups excluding carboxylic acids is 2. The standard InChI is InChI=1S/C18H28N2O2S/c1-3-18(4-2)9-12-20(13-10-18)16(21)8-5-11-19-17(22)15-7-6-14-23-15/h6-7,14H,3-5,8-13H2,1-2H3,(H,19,22). The van der Waals surface area contributed by atoms with Gasteiger partial charge in [-0.15, -0.1) is 11.3 Å². The minimum Gasteiger partial charge on any atom is -0.351 e. The summed E-state index contributed by atoms with van der Waals surface area (Å²) in [5, 5.41) is 4.77. The minimum atomic E-state index is -0.0407. The number of piperidine rings is 1. The van der Waals surface area contributed by atoms with Gasteiger partial charge in [0.15, 0.2) is 0 Å². The van der Waals surface area contributed by atoms with Crippen LogP contribution in [0.4, 0.5) is 0 Å². The molecule has 0 aliphatic carbocycles. The molecule has 0 unspecified atom stereocenters. The Hall–Kier alpha value is -1.36. The summed E-state index contributed by atoms with van der Waals surface area (Å²) in [4.78, 5) is 26.8. The van der Waals surface area contributed by atoms with Crippen molar-refractivity contribution in [3.63, 3.8) is 0 Å². The van der Waals surface area contributed by atoms with Crippen LogP contribution in [0.3, 0.4) is 0 Å². The van der Waals surface area contributed by atoms with Gasteiger partial charge in [0, 0.05) is 26.1 Å². The molecule has 2 heterocycles. The van der Waals surface area contributed by atoms with Gasteiger partial charge in [0.2, 0.25) is 5.91 Å². The van der Waals surface area contributed by atoms with Crippen molar-refractivity contribution in [2.24, 2.45) is 5.41 Å². The third-order valence-corrected chi connectivity index (χ3v) is 6.14. The van der Waals surface area contributed by atoms with E-state index < -0.39 is 0 Å². The molecule has 0 bridgehead atoms. The smallest absolute Gasteiger partial charge is 0.261 e. The van der Waals surface area contributed by atoms with Crippen molar-refractivity contribution >= 4 is 23.2 Å². The topological polar surface area (TPSA) is 49.4 Å². The van der Waals surface area contributed by atoms with E-state index in [9.17, 15) is 9.59 Å². The molecule has 0 atom stereocenters. The van der Waals surface area contributed by atoms with Crippen LogP contribution in [0.1, 0.15) is 62.0 Å². The molecule has 1 aromatic rings. The van der Waals surface area contributed by atoms with Crippen LogP contribution in [-0.4, -0.2) is 36.3 Å². The van der Waals surface area contributed by atoms with Crippen molar-refractivity contribution in [2.75, 3.05) is 19.6 Å². The maximum absolute atomic E-state index is 12.3. The Bertz CT molecular complexity index is 499. The van der Waals surface area contributed by atoms with Crippen LogP contribution in [0.5, 0.6) is 0 Å². The highest BCUT2D eigenvalue weighted by Gasteiger charge is 2.32. The van der Waals surface area contributed by atoms with Crippen LogP contribution >= 0.6 is 11.3 Å². The molecule has 1 N–H and O–H groups in total. The highest BCUT2D eigenvalue weighted by Crippen LogP contribution is 2.37. The maximum Gasteiger partial charge on any atom is 0.261 e. The van der Waals surface area contributed by atoms with Crippen molar-refractivity contribution in [3.8, 4) is 0 Å². The van der Waals surface area contributed by atoms with Gasteiger partial charge in [-0.1, -0.05) is 32.8 Å². The molecule has 1 fully saturated rings. The Kier molecular flexibility index (Phi) is 6.63. The van der Waals surface area contributed by atoms with Crippen molar-refractivity contribution in [1.82, 2.24) is 10.2 Å². The highest BCUT2D eigenvalue weighted by atomic mass is 32.1. The van der Waals surface area contributed by atoms with E-state index in [0.29, 0.717) is 24.8 Å². The molecule has 1 aliphatic rings. The largest absolute Gasteiger partial charge is 0.351 e. The number of likely N-dealkylation sites (tertiary alicyclic amines) is 1. The Morgan fingerprint density at radius 3 is 2.52 bits per heavy atom. The zero-order valence-electron chi connectivity index (χ0n) is 14.3. The Balaban J connectivity index is 1.65. The summed E-state index contributed by atoms with van der Waals surface area (Å²) in [5.74, 6) is 0.192. The second-order valence-corrected chi connectivity index (χ2v) is 7.37. The maximum atomic E-state index is 12.3. The number of rotatable bonds is 7. The fourth-order valence-electron chi connectivity index (χ4n) is 3.28. The lowest BCUT2D eigenvalue weighted by atomic mass is 9.74. The first-order chi connectivity index (χ1) is 11.1. The number of thiophene rings is 1. The molecule has 1 aliphatic heterocycles. The molecule has 1 saturated heterocycles. The molecule has 23 heavy (non-hydrogen) atoms. The van der Waals surface area contributed by atoms with Gasteiger partial charge in [-0.05, 0) is 36.1 Å². The van der Waals surface area contributed by atoms with Crippen LogP contribution in [0.2, 0.25) is 0 Å². The summed E-state index contributed by atoms with van der Waals surface area (Å²) in [6.07, 6.45) is 5.90. The lowest BCUT2D eigenvalue weighted by Gasteiger charge is -2.41. The molecule has 1 aromatic heterocycles. The fourth-order valence-corrected chi connectivity index (χ4v) is 3.92. The number of amides is 2. The van der Waals surface area contributed by atoms with Crippen LogP contribution in [0.25, 0.3) is 0 Å². The SMILES string of the molecule is CCC1(CC)CCN(C(=O)CCCNC(=O)c2cccs2)CC1. The van der Waals surface area contributed by atoms with E-state index in [4.69, 9.17) is 0 Å². The molecule has 4 nitrogen and oxygen atoms in total. The number of hydrogen-bond donors (Lipinski definition) is 1. The number of hydrogen-bond acceptors (Lipinski definition) is 3. The van der Waals surface area contributed by atoms with Crippen LogP contribution in [-0.2, 0) is 4.79 Å².